The standard InChI is InChI=1S/C9H10F3NO2/c1-14-8-4-2-7(3-5-8)6-13-15-9(10,11)12/h2-5,13H,6H2,1H3. The third kappa shape index (κ3) is 4.66. The van der Waals surface area contributed by atoms with Crippen molar-refractivity contribution in [2.75, 3.05) is 7.11 Å². The van der Waals surface area contributed by atoms with E-state index in [0.717, 1.165) is 0 Å². The Morgan fingerprint density at radius 1 is 1.20 bits per heavy atom. The first kappa shape index (κ1) is 11.8. The lowest BCUT2D eigenvalue weighted by atomic mass is 10.2. The highest BCUT2D eigenvalue weighted by Crippen LogP contribution is 2.15. The van der Waals surface area contributed by atoms with E-state index in [4.69, 9.17) is 4.74 Å². The first-order valence-electron chi connectivity index (χ1n) is 4.12. The van der Waals surface area contributed by atoms with Gasteiger partial charge in [0.15, 0.2) is 0 Å². The maximum atomic E-state index is 11.6. The van der Waals surface area contributed by atoms with Gasteiger partial charge in [-0.1, -0.05) is 12.1 Å². The predicted octanol–water partition coefficient (Wildman–Crippen LogP) is 2.24. The minimum absolute atomic E-state index is 0.0243. The number of benzene rings is 1. The lowest BCUT2D eigenvalue weighted by molar-refractivity contribution is -0.351. The van der Waals surface area contributed by atoms with Crippen molar-refractivity contribution in [2.45, 2.75) is 12.9 Å². The molecule has 0 fully saturated rings. The molecule has 0 unspecified atom stereocenters. The molecule has 0 radical (unpaired) electrons. The molecule has 0 amide bonds. The van der Waals surface area contributed by atoms with Crippen LogP contribution in [0.15, 0.2) is 24.3 Å². The molecule has 0 aromatic heterocycles. The summed E-state index contributed by atoms with van der Waals surface area (Å²) in [6.07, 6.45) is -4.66. The average molecular weight is 221 g/mol. The van der Waals surface area contributed by atoms with E-state index in [-0.39, 0.29) is 6.54 Å². The number of ether oxygens (including phenoxy) is 1. The summed E-state index contributed by atoms with van der Waals surface area (Å²) in [6, 6.07) is 6.60. The van der Waals surface area contributed by atoms with Gasteiger partial charge in [-0.3, -0.25) is 0 Å². The fourth-order valence-corrected chi connectivity index (χ4v) is 0.945. The lowest BCUT2D eigenvalue weighted by Gasteiger charge is -2.08. The lowest BCUT2D eigenvalue weighted by Crippen LogP contribution is -2.25. The molecule has 3 nitrogen and oxygen atoms in total. The van der Waals surface area contributed by atoms with Crippen LogP contribution >= 0.6 is 0 Å². The number of rotatable bonds is 4. The van der Waals surface area contributed by atoms with Gasteiger partial charge in [-0.2, -0.15) is 5.48 Å². The summed E-state index contributed by atoms with van der Waals surface area (Å²) < 4.78 is 39.6. The first-order chi connectivity index (χ1) is 7.01. The second kappa shape index (κ2) is 4.99. The molecule has 0 saturated heterocycles. The van der Waals surface area contributed by atoms with Crippen molar-refractivity contribution in [1.82, 2.24) is 5.48 Å². The summed E-state index contributed by atoms with van der Waals surface area (Å²) in [5.41, 5.74) is 2.48. The molecule has 0 aliphatic heterocycles. The Morgan fingerprint density at radius 2 is 1.80 bits per heavy atom. The Kier molecular flexibility index (Phi) is 3.93. The van der Waals surface area contributed by atoms with Crippen LogP contribution in [0.4, 0.5) is 13.2 Å². The highest BCUT2D eigenvalue weighted by molar-refractivity contribution is 5.26. The minimum atomic E-state index is -4.66. The van der Waals surface area contributed by atoms with E-state index in [1.54, 1.807) is 24.3 Å². The Labute approximate surface area is 84.8 Å². The molecule has 1 rings (SSSR count). The summed E-state index contributed by atoms with van der Waals surface area (Å²) in [5.74, 6) is 0.649. The summed E-state index contributed by atoms with van der Waals surface area (Å²) in [5, 5.41) is 0. The molecule has 6 heteroatoms. The summed E-state index contributed by atoms with van der Waals surface area (Å²) >= 11 is 0. The molecule has 0 atom stereocenters. The highest BCUT2D eigenvalue weighted by atomic mass is 19.4. The number of methoxy groups -OCH3 is 1. The first-order valence-corrected chi connectivity index (χ1v) is 4.12. The zero-order valence-corrected chi connectivity index (χ0v) is 7.97. The van der Waals surface area contributed by atoms with Gasteiger partial charge in [0.05, 0.1) is 7.11 Å². The van der Waals surface area contributed by atoms with Gasteiger partial charge in [-0.05, 0) is 17.7 Å². The molecule has 15 heavy (non-hydrogen) atoms. The van der Waals surface area contributed by atoms with Crippen molar-refractivity contribution in [3.8, 4) is 5.75 Å². The summed E-state index contributed by atoms with van der Waals surface area (Å²) in [7, 11) is 1.51. The van der Waals surface area contributed by atoms with Gasteiger partial charge in [-0.25, -0.2) is 4.84 Å². The largest absolute Gasteiger partial charge is 0.538 e. The van der Waals surface area contributed by atoms with E-state index in [1.807, 2.05) is 5.48 Å². The minimum Gasteiger partial charge on any atom is -0.497 e. The molecule has 1 aromatic rings. The van der Waals surface area contributed by atoms with Crippen LogP contribution in [0.1, 0.15) is 5.56 Å². The van der Waals surface area contributed by atoms with Crippen molar-refractivity contribution in [2.24, 2.45) is 0 Å². The number of alkyl halides is 3. The summed E-state index contributed by atoms with van der Waals surface area (Å²) in [4.78, 5) is 3.41. The SMILES string of the molecule is COc1ccc(CNOC(F)(F)F)cc1. The monoisotopic (exact) mass is 221 g/mol. The molecule has 84 valence electrons. The number of nitrogens with one attached hydrogen (secondary N) is 1. The van der Waals surface area contributed by atoms with Crippen LogP contribution in [0.3, 0.4) is 0 Å². The Hall–Kier alpha value is -1.27. The van der Waals surface area contributed by atoms with Crippen molar-refractivity contribution < 1.29 is 22.7 Å². The van der Waals surface area contributed by atoms with Gasteiger partial charge in [0.25, 0.3) is 0 Å². The molecule has 0 heterocycles. The quantitative estimate of drug-likeness (QED) is 0.791. The molecule has 0 saturated carbocycles. The van der Waals surface area contributed by atoms with Crippen LogP contribution in [-0.2, 0) is 11.4 Å². The maximum Gasteiger partial charge on any atom is 0.538 e. The number of hydrogen-bond acceptors (Lipinski definition) is 3. The van der Waals surface area contributed by atoms with Crippen molar-refractivity contribution >= 4 is 0 Å². The topological polar surface area (TPSA) is 30.5 Å². The van der Waals surface area contributed by atoms with Gasteiger partial charge in [-0.15, -0.1) is 13.2 Å². The normalized spacial score (nSPS) is 11.5. The van der Waals surface area contributed by atoms with Crippen LogP contribution in [0.25, 0.3) is 0 Å². The van der Waals surface area contributed by atoms with Crippen LogP contribution in [0, 0.1) is 0 Å². The van der Waals surface area contributed by atoms with Crippen molar-refractivity contribution in [1.29, 1.82) is 0 Å². The van der Waals surface area contributed by atoms with Gasteiger partial charge in [0, 0.05) is 6.54 Å². The fourth-order valence-electron chi connectivity index (χ4n) is 0.945. The van der Waals surface area contributed by atoms with Crippen LogP contribution in [-0.4, -0.2) is 13.5 Å². The zero-order chi connectivity index (χ0) is 11.3. The molecule has 1 aromatic carbocycles. The predicted molar refractivity (Wildman–Crippen MR) is 47.0 cm³/mol. The van der Waals surface area contributed by atoms with E-state index >= 15 is 0 Å². The highest BCUT2D eigenvalue weighted by Gasteiger charge is 2.29. The Morgan fingerprint density at radius 3 is 2.27 bits per heavy atom. The molecular formula is C9H10F3NO2. The molecule has 1 N–H and O–H groups in total. The third-order valence-corrected chi connectivity index (χ3v) is 1.62. The van der Waals surface area contributed by atoms with Crippen LogP contribution in [0.2, 0.25) is 0 Å². The second-order valence-corrected chi connectivity index (χ2v) is 2.72. The molecular weight excluding hydrogens is 211 g/mol. The zero-order valence-electron chi connectivity index (χ0n) is 7.97. The van der Waals surface area contributed by atoms with Gasteiger partial charge < -0.3 is 4.74 Å². The smallest absolute Gasteiger partial charge is 0.497 e. The number of hydroxylamine groups is 1. The van der Waals surface area contributed by atoms with E-state index in [2.05, 4.69) is 4.84 Å². The van der Waals surface area contributed by atoms with Gasteiger partial charge in [0.1, 0.15) is 5.75 Å². The Balaban J connectivity index is 2.38. The van der Waals surface area contributed by atoms with E-state index in [9.17, 15) is 13.2 Å². The van der Waals surface area contributed by atoms with Gasteiger partial charge >= 0.3 is 6.36 Å². The summed E-state index contributed by atoms with van der Waals surface area (Å²) in [6.45, 7) is -0.0243. The second-order valence-electron chi connectivity index (χ2n) is 2.72. The van der Waals surface area contributed by atoms with E-state index in [1.165, 1.54) is 7.11 Å². The molecule has 0 aliphatic rings. The fraction of sp³-hybridized carbons (Fsp3) is 0.333. The van der Waals surface area contributed by atoms with Gasteiger partial charge in [0.2, 0.25) is 0 Å². The van der Waals surface area contributed by atoms with Crippen LogP contribution in [0.5, 0.6) is 5.75 Å². The Bertz CT molecular complexity index is 297. The third-order valence-electron chi connectivity index (χ3n) is 1.62. The molecule has 0 bridgehead atoms. The maximum absolute atomic E-state index is 11.6. The molecule has 0 aliphatic carbocycles. The van der Waals surface area contributed by atoms with Crippen molar-refractivity contribution in [3.05, 3.63) is 29.8 Å². The number of hydrogen-bond donors (Lipinski definition) is 1. The van der Waals surface area contributed by atoms with Crippen molar-refractivity contribution in [3.63, 3.8) is 0 Å². The van der Waals surface area contributed by atoms with E-state index < -0.39 is 6.36 Å². The average Bonchev–Trinajstić information content (AvgIpc) is 2.17. The molecule has 0 spiro atoms. The van der Waals surface area contributed by atoms with E-state index in [0.29, 0.717) is 11.3 Å². The number of halogens is 3. The van der Waals surface area contributed by atoms with Crippen LogP contribution < -0.4 is 10.2 Å².